The third-order valence-electron chi connectivity index (χ3n) is 9.03. The second kappa shape index (κ2) is 34.9. The number of carboxylic acid groups (broad SMARTS) is 1. The maximum Gasteiger partial charge on any atom is 0.303 e. The molecule has 0 bridgehead atoms. The maximum atomic E-state index is 10.3. The van der Waals surface area contributed by atoms with Crippen LogP contribution in [0.5, 0.6) is 0 Å². The van der Waals surface area contributed by atoms with E-state index < -0.39 is 5.97 Å². The first-order chi connectivity index (χ1) is 20.6. The molecular formula is C38H77NO3. The van der Waals surface area contributed by atoms with Gasteiger partial charge in [-0.3, -0.25) is 9.63 Å². The summed E-state index contributed by atoms with van der Waals surface area (Å²) in [6.07, 6.45) is 41.7. The highest BCUT2D eigenvalue weighted by Gasteiger charge is 2.20. The summed E-state index contributed by atoms with van der Waals surface area (Å²) in [6.45, 7) is 8.93. The first-order valence-electron chi connectivity index (χ1n) is 19.2. The van der Waals surface area contributed by atoms with Crippen LogP contribution >= 0.6 is 0 Å². The Labute approximate surface area is 264 Å². The molecule has 1 unspecified atom stereocenters. The number of unbranched alkanes of at least 4 members (excludes halogenated alkanes) is 27. The van der Waals surface area contributed by atoms with E-state index in [4.69, 9.17) is 9.94 Å². The van der Waals surface area contributed by atoms with Crippen LogP contribution in [0, 0.1) is 0 Å². The van der Waals surface area contributed by atoms with Crippen molar-refractivity contribution in [2.24, 2.45) is 0 Å². The molecule has 0 aliphatic carbocycles. The predicted molar refractivity (Wildman–Crippen MR) is 184 cm³/mol. The standard InChI is InChI=1S/C20H41NO.C18H36O2/c1-3-4-5-6-7-8-9-10-11-12-13-14-15-16-17-20(2)21-18-19-22-21;1-2-3-4-5-6-7-8-9-10-11-12-13-14-15-16-17-18(19)20/h20H,3-19H2,1-2H3;2-17H2,1H3,(H,19,20). The number of hydrogen-bond donors (Lipinski definition) is 1. The summed E-state index contributed by atoms with van der Waals surface area (Å²) in [7, 11) is 0. The van der Waals surface area contributed by atoms with Gasteiger partial charge in [0.05, 0.1) is 6.61 Å². The van der Waals surface area contributed by atoms with E-state index in [0.29, 0.717) is 12.5 Å². The first-order valence-corrected chi connectivity index (χ1v) is 19.2. The van der Waals surface area contributed by atoms with Gasteiger partial charge in [-0.25, -0.2) is 0 Å². The highest BCUT2D eigenvalue weighted by atomic mass is 16.7. The molecule has 1 heterocycles. The molecule has 0 spiro atoms. The smallest absolute Gasteiger partial charge is 0.303 e. The van der Waals surface area contributed by atoms with Gasteiger partial charge in [0.25, 0.3) is 0 Å². The van der Waals surface area contributed by atoms with Crippen LogP contribution < -0.4 is 0 Å². The zero-order valence-corrected chi connectivity index (χ0v) is 29.1. The Balaban J connectivity index is 0.000000805. The van der Waals surface area contributed by atoms with Crippen molar-refractivity contribution in [3.8, 4) is 0 Å². The van der Waals surface area contributed by atoms with Crippen molar-refractivity contribution in [1.82, 2.24) is 5.06 Å². The molecule has 0 saturated carbocycles. The highest BCUT2D eigenvalue weighted by Crippen LogP contribution is 2.17. The van der Waals surface area contributed by atoms with Crippen LogP contribution in [-0.4, -0.2) is 35.3 Å². The molecule has 0 radical (unpaired) electrons. The lowest BCUT2D eigenvalue weighted by Gasteiger charge is -2.35. The zero-order chi connectivity index (χ0) is 30.8. The van der Waals surface area contributed by atoms with E-state index in [1.54, 1.807) is 0 Å². The third kappa shape index (κ3) is 32.3. The van der Waals surface area contributed by atoms with Gasteiger partial charge in [-0.2, -0.15) is 5.06 Å². The summed E-state index contributed by atoms with van der Waals surface area (Å²) in [5.74, 6) is -0.653. The third-order valence-corrected chi connectivity index (χ3v) is 9.03. The van der Waals surface area contributed by atoms with Gasteiger partial charge in [-0.05, 0) is 19.8 Å². The molecule has 1 saturated heterocycles. The minimum Gasteiger partial charge on any atom is -0.481 e. The molecule has 0 aromatic heterocycles. The van der Waals surface area contributed by atoms with Crippen LogP contribution in [-0.2, 0) is 9.63 Å². The molecule has 252 valence electrons. The molecule has 1 aliphatic rings. The lowest BCUT2D eigenvalue weighted by Crippen LogP contribution is -2.45. The summed E-state index contributed by atoms with van der Waals surface area (Å²) in [5, 5.41) is 10.7. The molecule has 0 aromatic carbocycles. The molecule has 1 fully saturated rings. The van der Waals surface area contributed by atoms with Crippen molar-refractivity contribution in [3.05, 3.63) is 0 Å². The van der Waals surface area contributed by atoms with Crippen LogP contribution in [0.15, 0.2) is 0 Å². The molecular weight excluding hydrogens is 518 g/mol. The topological polar surface area (TPSA) is 49.8 Å². The summed E-state index contributed by atoms with van der Waals surface area (Å²) in [5.41, 5.74) is 0. The van der Waals surface area contributed by atoms with Crippen molar-refractivity contribution >= 4 is 5.97 Å². The molecule has 0 amide bonds. The molecule has 1 rings (SSSR count). The fourth-order valence-electron chi connectivity index (χ4n) is 5.97. The van der Waals surface area contributed by atoms with E-state index in [0.717, 1.165) is 26.0 Å². The number of aliphatic carboxylic acids is 1. The van der Waals surface area contributed by atoms with Crippen molar-refractivity contribution in [3.63, 3.8) is 0 Å². The molecule has 1 N–H and O–H groups in total. The normalized spacial score (nSPS) is 13.9. The lowest BCUT2D eigenvalue weighted by molar-refractivity contribution is -0.268. The molecule has 4 heteroatoms. The number of hydrogen-bond acceptors (Lipinski definition) is 3. The number of carbonyl (C=O) groups is 1. The average Bonchev–Trinajstić information content (AvgIpc) is 2.94. The van der Waals surface area contributed by atoms with Crippen molar-refractivity contribution in [2.75, 3.05) is 13.2 Å². The van der Waals surface area contributed by atoms with E-state index in [1.165, 1.54) is 180 Å². The monoisotopic (exact) mass is 596 g/mol. The van der Waals surface area contributed by atoms with Gasteiger partial charge in [0.15, 0.2) is 0 Å². The van der Waals surface area contributed by atoms with Gasteiger partial charge >= 0.3 is 5.97 Å². The summed E-state index contributed by atoms with van der Waals surface area (Å²) >= 11 is 0. The van der Waals surface area contributed by atoms with Crippen LogP contribution in [0.25, 0.3) is 0 Å². The fourth-order valence-corrected chi connectivity index (χ4v) is 5.97. The van der Waals surface area contributed by atoms with Gasteiger partial charge in [0.2, 0.25) is 0 Å². The van der Waals surface area contributed by atoms with Gasteiger partial charge in [0.1, 0.15) is 0 Å². The molecule has 0 aromatic rings. The number of hydroxylamine groups is 2. The van der Waals surface area contributed by atoms with Crippen LogP contribution in [0.3, 0.4) is 0 Å². The van der Waals surface area contributed by atoms with Crippen molar-refractivity contribution in [2.45, 2.75) is 226 Å². The van der Waals surface area contributed by atoms with Gasteiger partial charge in [-0.15, -0.1) is 0 Å². The second-order valence-electron chi connectivity index (χ2n) is 13.3. The molecule has 1 atom stereocenters. The van der Waals surface area contributed by atoms with E-state index in [-0.39, 0.29) is 0 Å². The van der Waals surface area contributed by atoms with Crippen LogP contribution in [0.1, 0.15) is 220 Å². The Morgan fingerprint density at radius 3 is 1.10 bits per heavy atom. The van der Waals surface area contributed by atoms with Gasteiger partial charge in [-0.1, -0.05) is 194 Å². The van der Waals surface area contributed by atoms with E-state index >= 15 is 0 Å². The van der Waals surface area contributed by atoms with Crippen LogP contribution in [0.4, 0.5) is 0 Å². The number of carboxylic acids is 1. The summed E-state index contributed by atoms with van der Waals surface area (Å²) in [6, 6.07) is 0.631. The van der Waals surface area contributed by atoms with E-state index in [2.05, 4.69) is 25.8 Å². The minimum absolute atomic E-state index is 0.345. The molecule has 1 aliphatic heterocycles. The minimum atomic E-state index is -0.653. The van der Waals surface area contributed by atoms with E-state index in [9.17, 15) is 4.79 Å². The Bertz CT molecular complexity index is 522. The Morgan fingerprint density at radius 2 is 0.833 bits per heavy atom. The predicted octanol–water partition coefficient (Wildman–Crippen LogP) is 12.8. The number of nitrogens with zero attached hydrogens (tertiary/aromatic N) is 1. The van der Waals surface area contributed by atoms with Crippen molar-refractivity contribution < 1.29 is 14.7 Å². The number of rotatable bonds is 32. The van der Waals surface area contributed by atoms with Gasteiger partial charge in [0, 0.05) is 19.0 Å². The Kier molecular flexibility index (Phi) is 34.4. The fraction of sp³-hybridized carbons (Fsp3) is 0.974. The lowest BCUT2D eigenvalue weighted by atomic mass is 10.0. The summed E-state index contributed by atoms with van der Waals surface area (Å²) < 4.78 is 0. The summed E-state index contributed by atoms with van der Waals surface area (Å²) in [4.78, 5) is 15.7. The average molecular weight is 596 g/mol. The molecule has 4 nitrogen and oxygen atoms in total. The van der Waals surface area contributed by atoms with Crippen molar-refractivity contribution in [1.29, 1.82) is 0 Å². The zero-order valence-electron chi connectivity index (χ0n) is 29.1. The quantitative estimate of drug-likeness (QED) is 0.0786. The Morgan fingerprint density at radius 1 is 0.548 bits per heavy atom. The first kappa shape index (κ1) is 41.4. The highest BCUT2D eigenvalue weighted by molar-refractivity contribution is 5.66. The van der Waals surface area contributed by atoms with E-state index in [1.807, 2.05) is 0 Å². The SMILES string of the molecule is CCCCCCCCCCCCCCCCC(C)N1CCO1.CCCCCCCCCCCCCCCCCC(=O)O. The van der Waals surface area contributed by atoms with Crippen LogP contribution in [0.2, 0.25) is 0 Å². The molecule has 42 heavy (non-hydrogen) atoms. The Hall–Kier alpha value is -0.610. The maximum absolute atomic E-state index is 10.3. The van der Waals surface area contributed by atoms with Gasteiger partial charge < -0.3 is 5.11 Å². The largest absolute Gasteiger partial charge is 0.481 e. The second-order valence-corrected chi connectivity index (χ2v) is 13.3.